The molecule has 1 N–H and O–H groups in total. The number of nitrogens with zero attached hydrogens (tertiary/aromatic N) is 5. The van der Waals surface area contributed by atoms with Crippen molar-refractivity contribution in [2.24, 2.45) is 5.92 Å². The van der Waals surface area contributed by atoms with Gasteiger partial charge in [-0.2, -0.15) is 0 Å². The van der Waals surface area contributed by atoms with Crippen LogP contribution in [0.5, 0.6) is 0 Å². The van der Waals surface area contributed by atoms with Crippen LogP contribution in [0.3, 0.4) is 0 Å². The molecule has 1 aliphatic heterocycles. The summed E-state index contributed by atoms with van der Waals surface area (Å²) in [4.78, 5) is 30.0. The Balaban J connectivity index is 1.52. The standard InChI is InChI=1S/C21H24N6O/c1-26(2)11-17-12-27(20-7-9-22-14-24-20)13-19(17)25-21(28)16-5-6-18-15(10-16)4-3-8-23-18/h3-10,14,17,19H,11-13H2,1-2H3,(H,25,28)/t17-,19-/m1/s1. The summed E-state index contributed by atoms with van der Waals surface area (Å²) in [7, 11) is 4.12. The molecular weight excluding hydrogens is 352 g/mol. The Morgan fingerprint density at radius 1 is 1.18 bits per heavy atom. The molecule has 1 amide bonds. The molecule has 4 rings (SSSR count). The second kappa shape index (κ2) is 7.90. The fourth-order valence-corrected chi connectivity index (χ4v) is 3.82. The van der Waals surface area contributed by atoms with Gasteiger partial charge in [0.1, 0.15) is 12.1 Å². The van der Waals surface area contributed by atoms with Gasteiger partial charge in [0.05, 0.1) is 11.6 Å². The van der Waals surface area contributed by atoms with E-state index in [4.69, 9.17) is 0 Å². The van der Waals surface area contributed by atoms with Crippen molar-refractivity contribution in [1.82, 2.24) is 25.2 Å². The first-order valence-corrected chi connectivity index (χ1v) is 9.41. The van der Waals surface area contributed by atoms with Gasteiger partial charge < -0.3 is 15.1 Å². The van der Waals surface area contributed by atoms with Crippen LogP contribution in [0, 0.1) is 5.92 Å². The number of nitrogens with one attached hydrogen (secondary N) is 1. The number of benzene rings is 1. The van der Waals surface area contributed by atoms with Gasteiger partial charge in [-0.05, 0) is 44.4 Å². The van der Waals surface area contributed by atoms with Gasteiger partial charge in [-0.25, -0.2) is 9.97 Å². The van der Waals surface area contributed by atoms with Gasteiger partial charge in [-0.15, -0.1) is 0 Å². The number of fused-ring (bicyclic) bond motifs is 1. The lowest BCUT2D eigenvalue weighted by Crippen LogP contribution is -2.43. The molecule has 2 atom stereocenters. The highest BCUT2D eigenvalue weighted by Crippen LogP contribution is 2.23. The molecule has 0 bridgehead atoms. The van der Waals surface area contributed by atoms with E-state index in [1.807, 2.05) is 36.4 Å². The number of anilines is 1. The third-order valence-electron chi connectivity index (χ3n) is 5.11. The molecule has 3 heterocycles. The molecule has 0 aliphatic carbocycles. The highest BCUT2D eigenvalue weighted by atomic mass is 16.1. The van der Waals surface area contributed by atoms with Gasteiger partial charge in [-0.3, -0.25) is 9.78 Å². The zero-order valence-corrected chi connectivity index (χ0v) is 16.1. The minimum Gasteiger partial charge on any atom is -0.354 e. The summed E-state index contributed by atoms with van der Waals surface area (Å²) in [6.07, 6.45) is 5.07. The van der Waals surface area contributed by atoms with Crippen LogP contribution < -0.4 is 10.2 Å². The molecule has 7 nitrogen and oxygen atoms in total. The summed E-state index contributed by atoms with van der Waals surface area (Å²) in [6, 6.07) is 11.4. The minimum atomic E-state index is -0.0518. The van der Waals surface area contributed by atoms with E-state index >= 15 is 0 Å². The summed E-state index contributed by atoms with van der Waals surface area (Å²) in [5, 5.41) is 4.21. The average Bonchev–Trinajstić information content (AvgIpc) is 3.10. The zero-order chi connectivity index (χ0) is 19.5. The predicted octanol–water partition coefficient (Wildman–Crippen LogP) is 1.82. The molecule has 144 valence electrons. The van der Waals surface area contributed by atoms with E-state index in [0.717, 1.165) is 36.4 Å². The number of carbonyl (C=O) groups excluding carboxylic acids is 1. The molecule has 3 aromatic rings. The Morgan fingerprint density at radius 3 is 2.86 bits per heavy atom. The molecular formula is C21H24N6O. The Bertz CT molecular complexity index is 961. The molecule has 0 spiro atoms. The Labute approximate surface area is 164 Å². The van der Waals surface area contributed by atoms with Crippen LogP contribution in [0.1, 0.15) is 10.4 Å². The maximum atomic E-state index is 12.9. The fourth-order valence-electron chi connectivity index (χ4n) is 3.82. The summed E-state index contributed by atoms with van der Waals surface area (Å²) in [5.74, 6) is 1.16. The number of hydrogen-bond acceptors (Lipinski definition) is 6. The van der Waals surface area contributed by atoms with Gasteiger partial charge in [-0.1, -0.05) is 6.07 Å². The number of hydrogen-bond donors (Lipinski definition) is 1. The molecule has 1 fully saturated rings. The molecule has 7 heteroatoms. The number of rotatable bonds is 5. The summed E-state index contributed by atoms with van der Waals surface area (Å²) in [6.45, 7) is 2.48. The zero-order valence-electron chi connectivity index (χ0n) is 16.1. The van der Waals surface area contributed by atoms with E-state index < -0.39 is 0 Å². The second-order valence-electron chi connectivity index (χ2n) is 7.49. The van der Waals surface area contributed by atoms with Crippen LogP contribution in [0.4, 0.5) is 5.82 Å². The molecule has 0 radical (unpaired) electrons. The van der Waals surface area contributed by atoms with Crippen molar-refractivity contribution in [3.05, 3.63) is 60.7 Å². The van der Waals surface area contributed by atoms with Crippen LogP contribution in [-0.4, -0.2) is 65.5 Å². The normalized spacial score (nSPS) is 19.3. The Kier molecular flexibility index (Phi) is 5.16. The van der Waals surface area contributed by atoms with Crippen LogP contribution in [-0.2, 0) is 0 Å². The van der Waals surface area contributed by atoms with Crippen LogP contribution in [0.25, 0.3) is 10.9 Å². The van der Waals surface area contributed by atoms with Crippen molar-refractivity contribution in [2.75, 3.05) is 38.6 Å². The molecule has 1 saturated heterocycles. The van der Waals surface area contributed by atoms with Gasteiger partial charge in [0.2, 0.25) is 0 Å². The Hall–Kier alpha value is -3.06. The van der Waals surface area contributed by atoms with E-state index in [1.165, 1.54) is 0 Å². The summed E-state index contributed by atoms with van der Waals surface area (Å²) < 4.78 is 0. The number of pyridine rings is 1. The molecule has 0 saturated carbocycles. The van der Waals surface area contributed by atoms with Crippen molar-refractivity contribution in [1.29, 1.82) is 0 Å². The second-order valence-corrected chi connectivity index (χ2v) is 7.49. The highest BCUT2D eigenvalue weighted by molar-refractivity contribution is 5.98. The smallest absolute Gasteiger partial charge is 0.251 e. The number of carbonyl (C=O) groups is 1. The lowest BCUT2D eigenvalue weighted by atomic mass is 10.0. The first-order valence-electron chi connectivity index (χ1n) is 9.41. The SMILES string of the molecule is CN(C)C[C@@H]1CN(c2ccncn2)C[C@H]1NC(=O)c1ccc2ncccc2c1. The maximum Gasteiger partial charge on any atom is 0.251 e. The van der Waals surface area contributed by atoms with E-state index in [2.05, 4.69) is 44.2 Å². The largest absolute Gasteiger partial charge is 0.354 e. The molecule has 1 aliphatic rings. The average molecular weight is 376 g/mol. The van der Waals surface area contributed by atoms with E-state index in [1.54, 1.807) is 18.7 Å². The third-order valence-corrected chi connectivity index (χ3v) is 5.11. The third kappa shape index (κ3) is 3.94. The van der Waals surface area contributed by atoms with E-state index in [0.29, 0.717) is 11.5 Å². The van der Waals surface area contributed by atoms with Crippen molar-refractivity contribution in [3.8, 4) is 0 Å². The molecule has 1 aromatic carbocycles. The van der Waals surface area contributed by atoms with Crippen LogP contribution >= 0.6 is 0 Å². The topological polar surface area (TPSA) is 74.2 Å². The van der Waals surface area contributed by atoms with Gasteiger partial charge in [0.15, 0.2) is 0 Å². The Morgan fingerprint density at radius 2 is 2.07 bits per heavy atom. The first-order chi connectivity index (χ1) is 13.6. The highest BCUT2D eigenvalue weighted by Gasteiger charge is 2.34. The quantitative estimate of drug-likeness (QED) is 0.732. The maximum absolute atomic E-state index is 12.9. The number of amides is 1. The fraction of sp³-hybridized carbons (Fsp3) is 0.333. The van der Waals surface area contributed by atoms with Crippen molar-refractivity contribution < 1.29 is 4.79 Å². The number of aromatic nitrogens is 3. The monoisotopic (exact) mass is 376 g/mol. The van der Waals surface area contributed by atoms with E-state index in [-0.39, 0.29) is 11.9 Å². The van der Waals surface area contributed by atoms with Crippen LogP contribution in [0.2, 0.25) is 0 Å². The predicted molar refractivity (Wildman–Crippen MR) is 109 cm³/mol. The van der Waals surface area contributed by atoms with Gasteiger partial charge >= 0.3 is 0 Å². The summed E-state index contributed by atoms with van der Waals surface area (Å²) in [5.41, 5.74) is 1.55. The molecule has 28 heavy (non-hydrogen) atoms. The van der Waals surface area contributed by atoms with Gasteiger partial charge in [0.25, 0.3) is 5.91 Å². The van der Waals surface area contributed by atoms with Crippen molar-refractivity contribution in [3.63, 3.8) is 0 Å². The first kappa shape index (κ1) is 18.3. The lowest BCUT2D eigenvalue weighted by molar-refractivity contribution is 0.0928. The molecule has 2 aromatic heterocycles. The molecule has 0 unspecified atom stereocenters. The minimum absolute atomic E-state index is 0.0504. The van der Waals surface area contributed by atoms with Crippen molar-refractivity contribution in [2.45, 2.75) is 6.04 Å². The summed E-state index contributed by atoms with van der Waals surface area (Å²) >= 11 is 0. The van der Waals surface area contributed by atoms with Crippen molar-refractivity contribution >= 4 is 22.6 Å². The van der Waals surface area contributed by atoms with Crippen LogP contribution in [0.15, 0.2) is 55.1 Å². The van der Waals surface area contributed by atoms with E-state index in [9.17, 15) is 4.79 Å². The lowest BCUT2D eigenvalue weighted by Gasteiger charge is -2.22. The van der Waals surface area contributed by atoms with Gasteiger partial charge in [0, 0.05) is 48.9 Å².